The van der Waals surface area contributed by atoms with Crippen LogP contribution in [0.25, 0.3) is 0 Å². The van der Waals surface area contributed by atoms with Crippen molar-refractivity contribution in [1.82, 2.24) is 10.6 Å². The molecule has 1 rings (SSSR count). The molecule has 0 aromatic heterocycles. The zero-order valence-electron chi connectivity index (χ0n) is 4.42. The number of hydrogen-bond acceptors (Lipinski definition) is 3. The molecule has 1 heterocycles. The molecule has 3 nitrogen and oxygen atoms in total. The van der Waals surface area contributed by atoms with Crippen LogP contribution in [0.4, 0.5) is 0 Å². The van der Waals surface area contributed by atoms with Crippen LogP contribution in [0.3, 0.4) is 0 Å². The molecule has 0 fully saturated rings. The molecule has 0 radical (unpaired) electrons. The SMILES string of the molecule is O=CC1NC=CCN1. The van der Waals surface area contributed by atoms with E-state index in [1.165, 1.54) is 0 Å². The van der Waals surface area contributed by atoms with E-state index in [0.29, 0.717) is 0 Å². The Labute approximate surface area is 47.8 Å². The van der Waals surface area contributed by atoms with Crippen LogP contribution >= 0.6 is 0 Å². The maximum atomic E-state index is 10.0. The highest BCUT2D eigenvalue weighted by Gasteiger charge is 2.02. The Morgan fingerprint density at radius 1 is 1.75 bits per heavy atom. The molecule has 0 bridgehead atoms. The zero-order valence-corrected chi connectivity index (χ0v) is 4.42. The summed E-state index contributed by atoms with van der Waals surface area (Å²) in [6.45, 7) is 0.774. The smallest absolute Gasteiger partial charge is 0.157 e. The predicted octanol–water partition coefficient (Wildman–Crippen LogP) is -0.782. The maximum Gasteiger partial charge on any atom is 0.157 e. The Morgan fingerprint density at radius 3 is 3.00 bits per heavy atom. The summed E-state index contributed by atoms with van der Waals surface area (Å²) in [6.07, 6.45) is 4.35. The largest absolute Gasteiger partial charge is 0.370 e. The number of rotatable bonds is 1. The number of carbonyl (C=O) groups excluding carboxylic acids is 1. The van der Waals surface area contributed by atoms with E-state index in [0.717, 1.165) is 12.8 Å². The summed E-state index contributed by atoms with van der Waals surface area (Å²) in [5.41, 5.74) is 0. The van der Waals surface area contributed by atoms with Gasteiger partial charge in [-0.15, -0.1) is 0 Å². The lowest BCUT2D eigenvalue weighted by Crippen LogP contribution is -2.43. The summed E-state index contributed by atoms with van der Waals surface area (Å²) in [5, 5.41) is 5.71. The van der Waals surface area contributed by atoms with Crippen molar-refractivity contribution in [1.29, 1.82) is 0 Å². The summed E-state index contributed by atoms with van der Waals surface area (Å²) in [4.78, 5) is 10.0. The van der Waals surface area contributed by atoms with Gasteiger partial charge in [0.15, 0.2) is 6.29 Å². The Kier molecular flexibility index (Phi) is 1.64. The van der Waals surface area contributed by atoms with Crippen molar-refractivity contribution in [2.24, 2.45) is 0 Å². The van der Waals surface area contributed by atoms with Crippen LogP contribution in [0.2, 0.25) is 0 Å². The summed E-state index contributed by atoms with van der Waals surface area (Å²) in [7, 11) is 0. The van der Waals surface area contributed by atoms with Crippen molar-refractivity contribution in [3.05, 3.63) is 12.3 Å². The average Bonchev–Trinajstić information content (AvgIpc) is 1.90. The lowest BCUT2D eigenvalue weighted by atomic mass is 10.4. The molecular formula is C5H8N2O. The van der Waals surface area contributed by atoms with E-state index in [1.54, 1.807) is 6.20 Å². The van der Waals surface area contributed by atoms with Gasteiger partial charge in [0.05, 0.1) is 0 Å². The van der Waals surface area contributed by atoms with Gasteiger partial charge in [-0.1, -0.05) is 6.08 Å². The third kappa shape index (κ3) is 1.07. The van der Waals surface area contributed by atoms with Gasteiger partial charge in [-0.2, -0.15) is 0 Å². The van der Waals surface area contributed by atoms with Gasteiger partial charge in [-0.25, -0.2) is 0 Å². The number of hydrogen-bond donors (Lipinski definition) is 2. The second-order valence-corrected chi connectivity index (χ2v) is 1.59. The molecule has 1 unspecified atom stereocenters. The maximum absolute atomic E-state index is 10.0. The lowest BCUT2D eigenvalue weighted by molar-refractivity contribution is -0.110. The lowest BCUT2D eigenvalue weighted by Gasteiger charge is -2.14. The first kappa shape index (κ1) is 5.31. The quantitative estimate of drug-likeness (QED) is 0.437. The van der Waals surface area contributed by atoms with Crippen LogP contribution in [0.15, 0.2) is 12.3 Å². The highest BCUT2D eigenvalue weighted by atomic mass is 16.1. The number of aldehydes is 1. The Hall–Kier alpha value is -0.830. The van der Waals surface area contributed by atoms with Crippen LogP contribution in [0, 0.1) is 0 Å². The molecule has 0 aliphatic carbocycles. The average molecular weight is 112 g/mol. The molecule has 0 spiro atoms. The van der Waals surface area contributed by atoms with Crippen LogP contribution in [0.5, 0.6) is 0 Å². The van der Waals surface area contributed by atoms with E-state index in [9.17, 15) is 4.79 Å². The van der Waals surface area contributed by atoms with E-state index in [-0.39, 0.29) is 6.17 Å². The van der Waals surface area contributed by atoms with E-state index in [1.807, 2.05) is 6.08 Å². The third-order valence-electron chi connectivity index (χ3n) is 0.985. The van der Waals surface area contributed by atoms with Gasteiger partial charge < -0.3 is 5.32 Å². The van der Waals surface area contributed by atoms with Crippen molar-refractivity contribution in [3.63, 3.8) is 0 Å². The van der Waals surface area contributed by atoms with E-state index >= 15 is 0 Å². The van der Waals surface area contributed by atoms with Gasteiger partial charge in [0.25, 0.3) is 0 Å². The fourth-order valence-electron chi connectivity index (χ4n) is 0.572. The monoisotopic (exact) mass is 112 g/mol. The zero-order chi connectivity index (χ0) is 5.82. The minimum absolute atomic E-state index is 0.181. The molecule has 3 heteroatoms. The van der Waals surface area contributed by atoms with Crippen molar-refractivity contribution >= 4 is 6.29 Å². The fraction of sp³-hybridized carbons (Fsp3) is 0.400. The van der Waals surface area contributed by atoms with Crippen LogP contribution in [-0.4, -0.2) is 19.0 Å². The molecule has 0 saturated heterocycles. The fourth-order valence-corrected chi connectivity index (χ4v) is 0.572. The molecule has 0 aromatic rings. The topological polar surface area (TPSA) is 41.1 Å². The van der Waals surface area contributed by atoms with Crippen molar-refractivity contribution in [3.8, 4) is 0 Å². The molecule has 0 saturated carbocycles. The summed E-state index contributed by atoms with van der Waals surface area (Å²) in [6, 6.07) is 0. The van der Waals surface area contributed by atoms with Crippen LogP contribution < -0.4 is 10.6 Å². The molecule has 1 atom stereocenters. The molecule has 1 aliphatic heterocycles. The molecule has 8 heavy (non-hydrogen) atoms. The van der Waals surface area contributed by atoms with Crippen molar-refractivity contribution in [2.45, 2.75) is 6.17 Å². The summed E-state index contributed by atoms with van der Waals surface area (Å²) in [5.74, 6) is 0. The normalized spacial score (nSPS) is 26.8. The Bertz CT molecular complexity index is 111. The number of carbonyl (C=O) groups is 1. The van der Waals surface area contributed by atoms with Gasteiger partial charge in [-0.05, 0) is 6.20 Å². The van der Waals surface area contributed by atoms with Gasteiger partial charge >= 0.3 is 0 Å². The van der Waals surface area contributed by atoms with Crippen LogP contribution in [0.1, 0.15) is 0 Å². The Balaban J connectivity index is 2.37. The van der Waals surface area contributed by atoms with Crippen LogP contribution in [-0.2, 0) is 4.79 Å². The van der Waals surface area contributed by atoms with Crippen molar-refractivity contribution in [2.75, 3.05) is 6.54 Å². The van der Waals surface area contributed by atoms with Crippen molar-refractivity contribution < 1.29 is 4.79 Å². The summed E-state index contributed by atoms with van der Waals surface area (Å²) < 4.78 is 0. The van der Waals surface area contributed by atoms with Gasteiger partial charge in [0.1, 0.15) is 6.17 Å². The molecule has 2 N–H and O–H groups in total. The highest BCUT2D eigenvalue weighted by Crippen LogP contribution is 1.79. The highest BCUT2D eigenvalue weighted by molar-refractivity contribution is 5.57. The first-order chi connectivity index (χ1) is 3.93. The second-order valence-electron chi connectivity index (χ2n) is 1.59. The first-order valence-electron chi connectivity index (χ1n) is 2.53. The van der Waals surface area contributed by atoms with Gasteiger partial charge in [0, 0.05) is 6.54 Å². The minimum Gasteiger partial charge on any atom is -0.370 e. The Morgan fingerprint density at radius 2 is 2.62 bits per heavy atom. The van der Waals surface area contributed by atoms with E-state index < -0.39 is 0 Å². The molecule has 0 aromatic carbocycles. The predicted molar refractivity (Wildman–Crippen MR) is 30.1 cm³/mol. The van der Waals surface area contributed by atoms with Gasteiger partial charge in [-0.3, -0.25) is 10.1 Å². The second kappa shape index (κ2) is 2.47. The standard InChI is InChI=1S/C5H8N2O/c8-4-5-6-2-1-3-7-5/h1-2,4-7H,3H2. The van der Waals surface area contributed by atoms with E-state index in [2.05, 4.69) is 10.6 Å². The van der Waals surface area contributed by atoms with Gasteiger partial charge in [0.2, 0.25) is 0 Å². The molecule has 1 aliphatic rings. The summed E-state index contributed by atoms with van der Waals surface area (Å²) >= 11 is 0. The third-order valence-corrected chi connectivity index (χ3v) is 0.985. The van der Waals surface area contributed by atoms with E-state index in [4.69, 9.17) is 0 Å². The molecule has 0 amide bonds. The molecular weight excluding hydrogens is 104 g/mol. The molecule has 44 valence electrons. The number of nitrogens with one attached hydrogen (secondary N) is 2. The minimum atomic E-state index is -0.181. The first-order valence-corrected chi connectivity index (χ1v) is 2.53.